The monoisotopic (exact) mass is 351 g/mol. The molecule has 9 heteroatoms. The summed E-state index contributed by atoms with van der Waals surface area (Å²) in [6, 6.07) is 0. The third kappa shape index (κ3) is 4.12. The second-order valence-corrected chi connectivity index (χ2v) is 7.19. The zero-order valence-corrected chi connectivity index (χ0v) is 14.2. The molecule has 0 radical (unpaired) electrons. The zero-order valence-electron chi connectivity index (χ0n) is 12.6. The lowest BCUT2D eigenvalue weighted by molar-refractivity contribution is -0.114. The van der Waals surface area contributed by atoms with Gasteiger partial charge in [-0.1, -0.05) is 0 Å². The number of piperidine rings is 1. The third-order valence-electron chi connectivity index (χ3n) is 3.51. The second-order valence-electron chi connectivity index (χ2n) is 5.27. The molecule has 0 saturated carbocycles. The predicted octanol–water partition coefficient (Wildman–Crippen LogP) is 2.28. The molecule has 23 heavy (non-hydrogen) atoms. The van der Waals surface area contributed by atoms with Gasteiger partial charge in [0.25, 0.3) is 5.91 Å². The highest BCUT2D eigenvalue weighted by molar-refractivity contribution is 7.16. The molecule has 122 valence electrons. The summed E-state index contributed by atoms with van der Waals surface area (Å²) < 4.78 is 0. The van der Waals surface area contributed by atoms with E-state index in [-0.39, 0.29) is 17.5 Å². The van der Waals surface area contributed by atoms with Crippen LogP contribution >= 0.6 is 22.7 Å². The van der Waals surface area contributed by atoms with Crippen LogP contribution in [-0.2, 0) is 4.79 Å². The molecule has 2 amide bonds. The number of aromatic nitrogens is 2. The number of rotatable bonds is 4. The van der Waals surface area contributed by atoms with Gasteiger partial charge in [-0.2, -0.15) is 0 Å². The number of thiazole rings is 2. The zero-order chi connectivity index (χ0) is 16.2. The molecule has 0 spiro atoms. The molecule has 3 rings (SSSR count). The van der Waals surface area contributed by atoms with Crippen LogP contribution in [0.3, 0.4) is 0 Å². The molecule has 2 aromatic rings. The second kappa shape index (κ2) is 7.16. The molecule has 0 unspecified atom stereocenters. The minimum absolute atomic E-state index is 0.210. The third-order valence-corrected chi connectivity index (χ3v) is 5.34. The van der Waals surface area contributed by atoms with Gasteiger partial charge in [-0.15, -0.1) is 22.7 Å². The van der Waals surface area contributed by atoms with Crippen LogP contribution < -0.4 is 16.0 Å². The first-order valence-corrected chi connectivity index (χ1v) is 9.02. The Balaban J connectivity index is 1.62. The normalized spacial score (nSPS) is 15.3. The molecule has 0 atom stereocenters. The van der Waals surface area contributed by atoms with Gasteiger partial charge >= 0.3 is 0 Å². The van der Waals surface area contributed by atoms with Crippen LogP contribution in [0, 0.1) is 0 Å². The molecular weight excluding hydrogens is 334 g/mol. The maximum absolute atomic E-state index is 12.2. The highest BCUT2D eigenvalue weighted by Gasteiger charge is 2.19. The van der Waals surface area contributed by atoms with Crippen molar-refractivity contribution < 1.29 is 9.59 Å². The number of hydrogen-bond donors (Lipinski definition) is 3. The largest absolute Gasteiger partial charge is 0.317 e. The van der Waals surface area contributed by atoms with Crippen LogP contribution in [0.2, 0.25) is 0 Å². The van der Waals surface area contributed by atoms with E-state index in [2.05, 4.69) is 25.9 Å². The average Bonchev–Trinajstić information content (AvgIpc) is 3.17. The van der Waals surface area contributed by atoms with Crippen LogP contribution in [-0.4, -0.2) is 34.9 Å². The van der Waals surface area contributed by atoms with Gasteiger partial charge in [0.2, 0.25) is 5.91 Å². The van der Waals surface area contributed by atoms with Gasteiger partial charge in [-0.05, 0) is 31.8 Å². The van der Waals surface area contributed by atoms with Gasteiger partial charge in [0.1, 0.15) is 5.69 Å². The van der Waals surface area contributed by atoms with Crippen molar-refractivity contribution in [2.45, 2.75) is 25.7 Å². The maximum Gasteiger partial charge on any atom is 0.276 e. The summed E-state index contributed by atoms with van der Waals surface area (Å²) in [5.74, 6) is -0.00745. The summed E-state index contributed by atoms with van der Waals surface area (Å²) in [4.78, 5) is 32.7. The Morgan fingerprint density at radius 1 is 1.26 bits per heavy atom. The summed E-state index contributed by atoms with van der Waals surface area (Å²) in [6.45, 7) is 3.45. The molecule has 2 aromatic heterocycles. The summed E-state index contributed by atoms with van der Waals surface area (Å²) in [5, 5.41) is 11.3. The molecule has 3 heterocycles. The minimum atomic E-state index is -0.316. The fourth-order valence-electron chi connectivity index (χ4n) is 2.39. The van der Waals surface area contributed by atoms with E-state index in [1.165, 1.54) is 34.5 Å². The highest BCUT2D eigenvalue weighted by atomic mass is 32.1. The quantitative estimate of drug-likeness (QED) is 0.785. The van der Waals surface area contributed by atoms with Gasteiger partial charge in [0, 0.05) is 23.4 Å². The molecule has 0 aliphatic carbocycles. The number of anilines is 2. The number of carbonyl (C=O) groups is 2. The standard InChI is InChI=1S/C14H17N5O2S2/c1-8(20)17-14-18-10(7-22-14)12(21)19-13-16-6-11(23-13)9-2-4-15-5-3-9/h6-7,9,15H,2-5H2,1H3,(H,16,19,21)(H,17,18,20). The van der Waals surface area contributed by atoms with E-state index in [9.17, 15) is 9.59 Å². The molecule has 1 aliphatic rings. The number of amides is 2. The van der Waals surface area contributed by atoms with E-state index < -0.39 is 0 Å². The first-order chi connectivity index (χ1) is 11.1. The minimum Gasteiger partial charge on any atom is -0.317 e. The summed E-state index contributed by atoms with van der Waals surface area (Å²) in [6.07, 6.45) is 4.05. The fraction of sp³-hybridized carbons (Fsp3) is 0.429. The summed E-state index contributed by atoms with van der Waals surface area (Å²) in [7, 11) is 0. The molecule has 7 nitrogen and oxygen atoms in total. The van der Waals surface area contributed by atoms with E-state index >= 15 is 0 Å². The van der Waals surface area contributed by atoms with Crippen molar-refractivity contribution in [3.05, 3.63) is 22.1 Å². The van der Waals surface area contributed by atoms with E-state index in [0.29, 0.717) is 16.2 Å². The van der Waals surface area contributed by atoms with Crippen molar-refractivity contribution in [1.82, 2.24) is 15.3 Å². The summed E-state index contributed by atoms with van der Waals surface area (Å²) in [5.41, 5.74) is 0.275. The van der Waals surface area contributed by atoms with Gasteiger partial charge in [0.05, 0.1) is 0 Å². The Hall–Kier alpha value is -1.84. The smallest absolute Gasteiger partial charge is 0.276 e. The van der Waals surface area contributed by atoms with Crippen molar-refractivity contribution in [3.8, 4) is 0 Å². The van der Waals surface area contributed by atoms with Crippen LogP contribution in [0.4, 0.5) is 10.3 Å². The number of hydrogen-bond acceptors (Lipinski definition) is 7. The molecule has 1 aliphatic heterocycles. The predicted molar refractivity (Wildman–Crippen MR) is 91.3 cm³/mol. The van der Waals surface area contributed by atoms with Crippen molar-refractivity contribution in [3.63, 3.8) is 0 Å². The maximum atomic E-state index is 12.2. The SMILES string of the molecule is CC(=O)Nc1nc(C(=O)Nc2ncc(C3CCNCC3)s2)cs1. The lowest BCUT2D eigenvalue weighted by Gasteiger charge is -2.20. The van der Waals surface area contributed by atoms with E-state index in [0.717, 1.165) is 25.9 Å². The van der Waals surface area contributed by atoms with Crippen molar-refractivity contribution in [1.29, 1.82) is 0 Å². The molecule has 0 bridgehead atoms. The van der Waals surface area contributed by atoms with E-state index in [1.807, 2.05) is 6.20 Å². The van der Waals surface area contributed by atoms with Crippen LogP contribution in [0.25, 0.3) is 0 Å². The topological polar surface area (TPSA) is 96.0 Å². The molecular formula is C14H17N5O2S2. The van der Waals surface area contributed by atoms with Gasteiger partial charge in [0.15, 0.2) is 10.3 Å². The highest BCUT2D eigenvalue weighted by Crippen LogP contribution is 2.31. The van der Waals surface area contributed by atoms with Gasteiger partial charge < -0.3 is 10.6 Å². The Bertz CT molecular complexity index is 706. The van der Waals surface area contributed by atoms with Gasteiger partial charge in [-0.25, -0.2) is 9.97 Å². The van der Waals surface area contributed by atoms with Crippen molar-refractivity contribution in [2.24, 2.45) is 0 Å². The Morgan fingerprint density at radius 2 is 2.04 bits per heavy atom. The van der Waals surface area contributed by atoms with E-state index in [4.69, 9.17) is 0 Å². The van der Waals surface area contributed by atoms with Crippen molar-refractivity contribution in [2.75, 3.05) is 23.7 Å². The number of nitrogens with zero attached hydrogens (tertiary/aromatic N) is 2. The first kappa shape index (κ1) is 16.0. The number of carbonyl (C=O) groups excluding carboxylic acids is 2. The molecule has 1 saturated heterocycles. The fourth-order valence-corrected chi connectivity index (χ4v) is 4.10. The molecule has 0 aromatic carbocycles. The molecule has 3 N–H and O–H groups in total. The Labute approximate surface area is 141 Å². The summed E-state index contributed by atoms with van der Waals surface area (Å²) >= 11 is 2.73. The average molecular weight is 351 g/mol. The van der Waals surface area contributed by atoms with Crippen LogP contribution in [0.15, 0.2) is 11.6 Å². The Kier molecular flexibility index (Phi) is 4.99. The van der Waals surface area contributed by atoms with Crippen molar-refractivity contribution >= 4 is 44.8 Å². The van der Waals surface area contributed by atoms with Crippen LogP contribution in [0.1, 0.15) is 41.0 Å². The van der Waals surface area contributed by atoms with Gasteiger partial charge in [-0.3, -0.25) is 14.9 Å². The van der Waals surface area contributed by atoms with Crippen LogP contribution in [0.5, 0.6) is 0 Å². The van der Waals surface area contributed by atoms with E-state index in [1.54, 1.807) is 5.38 Å². The number of nitrogens with one attached hydrogen (secondary N) is 3. The Morgan fingerprint density at radius 3 is 2.78 bits per heavy atom. The molecule has 1 fully saturated rings. The lowest BCUT2D eigenvalue weighted by Crippen LogP contribution is -2.26. The first-order valence-electron chi connectivity index (χ1n) is 7.32. The lowest BCUT2D eigenvalue weighted by atomic mass is 9.97.